The lowest BCUT2D eigenvalue weighted by Crippen LogP contribution is -2.53. The van der Waals surface area contributed by atoms with E-state index in [4.69, 9.17) is 0 Å². The molecule has 6 heteroatoms. The zero-order chi connectivity index (χ0) is 17.1. The third kappa shape index (κ3) is 3.64. The highest BCUT2D eigenvalue weighted by atomic mass is 19.1. The molecule has 0 radical (unpaired) electrons. The van der Waals surface area contributed by atoms with Gasteiger partial charge in [0.1, 0.15) is 5.82 Å². The van der Waals surface area contributed by atoms with Crippen LogP contribution in [0.4, 0.5) is 10.2 Å². The highest BCUT2D eigenvalue weighted by Crippen LogP contribution is 2.20. The first-order chi connectivity index (χ1) is 11.5. The number of benzene rings is 1. The molecule has 1 amide bonds. The van der Waals surface area contributed by atoms with Gasteiger partial charge in [0.15, 0.2) is 5.82 Å². The minimum atomic E-state index is -0.248. The highest BCUT2D eigenvalue weighted by Gasteiger charge is 2.31. The molecule has 1 saturated heterocycles. The molecule has 0 bridgehead atoms. The number of aryl methyl sites for hydroxylation is 1. The largest absolute Gasteiger partial charge is 0.303 e. The summed E-state index contributed by atoms with van der Waals surface area (Å²) in [5.41, 5.74) is 0.669. The van der Waals surface area contributed by atoms with E-state index in [-0.39, 0.29) is 23.8 Å². The zero-order valence-electron chi connectivity index (χ0n) is 14.1. The van der Waals surface area contributed by atoms with E-state index in [1.165, 1.54) is 6.07 Å². The molecule has 1 N–H and O–H groups in total. The number of carbonyl (C=O) groups is 1. The fraction of sp³-hybridized carbons (Fsp3) is 0.444. The van der Waals surface area contributed by atoms with Gasteiger partial charge in [-0.1, -0.05) is 18.2 Å². The predicted molar refractivity (Wildman–Crippen MR) is 91.3 cm³/mol. The molecule has 5 nitrogen and oxygen atoms in total. The molecule has 2 aromatic rings. The molecule has 1 aliphatic rings. The van der Waals surface area contributed by atoms with Gasteiger partial charge in [0.25, 0.3) is 0 Å². The van der Waals surface area contributed by atoms with Gasteiger partial charge in [0, 0.05) is 31.9 Å². The van der Waals surface area contributed by atoms with Crippen LogP contribution in [0, 0.1) is 5.82 Å². The van der Waals surface area contributed by atoms with Crippen molar-refractivity contribution in [1.82, 2.24) is 15.1 Å². The van der Waals surface area contributed by atoms with Gasteiger partial charge < -0.3 is 5.32 Å². The van der Waals surface area contributed by atoms with Gasteiger partial charge in [-0.15, -0.1) is 0 Å². The van der Waals surface area contributed by atoms with E-state index in [1.807, 2.05) is 32.3 Å². The maximum absolute atomic E-state index is 13.8. The fourth-order valence-electron chi connectivity index (χ4n) is 3.20. The van der Waals surface area contributed by atoms with Crippen molar-refractivity contribution < 1.29 is 9.18 Å². The van der Waals surface area contributed by atoms with E-state index in [9.17, 15) is 9.18 Å². The SMILES string of the molecule is C[C@@H](Cc1ccccc1F)N[C@H]1CCCN(c2ccn(C)n2)C1=O. The van der Waals surface area contributed by atoms with Gasteiger partial charge in [0.2, 0.25) is 5.91 Å². The maximum Gasteiger partial charge on any atom is 0.245 e. The lowest BCUT2D eigenvalue weighted by molar-refractivity contribution is -0.122. The van der Waals surface area contributed by atoms with Gasteiger partial charge in [-0.3, -0.25) is 14.4 Å². The average molecular weight is 330 g/mol. The van der Waals surface area contributed by atoms with E-state index >= 15 is 0 Å². The summed E-state index contributed by atoms with van der Waals surface area (Å²) in [5.74, 6) is 0.535. The quantitative estimate of drug-likeness (QED) is 0.915. The number of hydrogen-bond acceptors (Lipinski definition) is 3. The van der Waals surface area contributed by atoms with Crippen LogP contribution in [-0.4, -0.2) is 34.3 Å². The van der Waals surface area contributed by atoms with E-state index in [0.717, 1.165) is 12.8 Å². The van der Waals surface area contributed by atoms with E-state index < -0.39 is 0 Å². The number of amides is 1. The van der Waals surface area contributed by atoms with Crippen LogP contribution in [0.5, 0.6) is 0 Å². The van der Waals surface area contributed by atoms with Crippen LogP contribution in [0.3, 0.4) is 0 Å². The lowest BCUT2D eigenvalue weighted by Gasteiger charge is -2.33. The molecule has 1 aliphatic heterocycles. The Morgan fingerprint density at radius 1 is 1.38 bits per heavy atom. The highest BCUT2D eigenvalue weighted by molar-refractivity contribution is 5.97. The van der Waals surface area contributed by atoms with Crippen LogP contribution in [0.15, 0.2) is 36.5 Å². The molecular weight excluding hydrogens is 307 g/mol. The Balaban J connectivity index is 1.64. The maximum atomic E-state index is 13.8. The lowest BCUT2D eigenvalue weighted by atomic mass is 10.0. The van der Waals surface area contributed by atoms with Crippen molar-refractivity contribution in [2.45, 2.75) is 38.3 Å². The van der Waals surface area contributed by atoms with Crippen molar-refractivity contribution in [2.75, 3.05) is 11.4 Å². The zero-order valence-corrected chi connectivity index (χ0v) is 14.1. The fourth-order valence-corrected chi connectivity index (χ4v) is 3.20. The predicted octanol–water partition coefficient (Wildman–Crippen LogP) is 2.28. The second-order valence-corrected chi connectivity index (χ2v) is 6.40. The van der Waals surface area contributed by atoms with Crippen LogP contribution in [0.1, 0.15) is 25.3 Å². The third-order valence-electron chi connectivity index (χ3n) is 4.38. The minimum Gasteiger partial charge on any atom is -0.303 e. The molecule has 128 valence electrons. The summed E-state index contributed by atoms with van der Waals surface area (Å²) in [6.45, 7) is 2.68. The van der Waals surface area contributed by atoms with Crippen molar-refractivity contribution in [3.63, 3.8) is 0 Å². The number of nitrogens with one attached hydrogen (secondary N) is 1. The van der Waals surface area contributed by atoms with Crippen molar-refractivity contribution >= 4 is 11.7 Å². The molecule has 1 aromatic heterocycles. The standard InChI is InChI=1S/C18H23FN4O/c1-13(12-14-6-3-4-7-15(14)19)20-16-8-5-10-23(18(16)24)17-9-11-22(2)21-17/h3-4,6-7,9,11,13,16,20H,5,8,10,12H2,1-2H3/t13-,16-/m0/s1. The number of anilines is 1. The molecule has 2 atom stereocenters. The Morgan fingerprint density at radius 3 is 2.88 bits per heavy atom. The number of rotatable bonds is 5. The van der Waals surface area contributed by atoms with E-state index in [1.54, 1.807) is 21.7 Å². The number of halogens is 1. The Morgan fingerprint density at radius 2 is 2.17 bits per heavy atom. The molecule has 0 saturated carbocycles. The normalized spacial score (nSPS) is 19.5. The average Bonchev–Trinajstić information content (AvgIpc) is 2.98. The summed E-state index contributed by atoms with van der Waals surface area (Å²) < 4.78 is 15.5. The summed E-state index contributed by atoms with van der Waals surface area (Å²) >= 11 is 0. The summed E-state index contributed by atoms with van der Waals surface area (Å²) in [5, 5.41) is 7.68. The minimum absolute atomic E-state index is 0.0135. The van der Waals surface area contributed by atoms with Crippen molar-refractivity contribution in [1.29, 1.82) is 0 Å². The van der Waals surface area contributed by atoms with Crippen LogP contribution in [0.2, 0.25) is 0 Å². The molecular formula is C18H23FN4O. The van der Waals surface area contributed by atoms with Crippen LogP contribution in [0.25, 0.3) is 0 Å². The van der Waals surface area contributed by atoms with E-state index in [0.29, 0.717) is 24.3 Å². The Bertz CT molecular complexity index is 715. The second kappa shape index (κ2) is 7.13. The molecule has 24 heavy (non-hydrogen) atoms. The Labute approximate surface area is 141 Å². The molecule has 1 fully saturated rings. The van der Waals surface area contributed by atoms with Gasteiger partial charge in [0.05, 0.1) is 6.04 Å². The van der Waals surface area contributed by atoms with Crippen LogP contribution < -0.4 is 10.2 Å². The van der Waals surface area contributed by atoms with Crippen molar-refractivity contribution in [2.24, 2.45) is 7.05 Å². The first kappa shape index (κ1) is 16.6. The van der Waals surface area contributed by atoms with Crippen LogP contribution in [-0.2, 0) is 18.3 Å². The molecule has 3 rings (SSSR count). The topological polar surface area (TPSA) is 50.2 Å². The van der Waals surface area contributed by atoms with Gasteiger partial charge >= 0.3 is 0 Å². The second-order valence-electron chi connectivity index (χ2n) is 6.40. The molecule has 0 aliphatic carbocycles. The summed E-state index contributed by atoms with van der Waals surface area (Å²) in [7, 11) is 1.84. The summed E-state index contributed by atoms with van der Waals surface area (Å²) in [6, 6.07) is 8.39. The Hall–Kier alpha value is -2.21. The van der Waals surface area contributed by atoms with Crippen molar-refractivity contribution in [3.05, 3.63) is 47.9 Å². The molecule has 1 aromatic carbocycles. The molecule has 2 heterocycles. The van der Waals surface area contributed by atoms with Crippen LogP contribution >= 0.6 is 0 Å². The number of hydrogen-bond donors (Lipinski definition) is 1. The summed E-state index contributed by atoms with van der Waals surface area (Å²) in [6.07, 6.45) is 4.11. The first-order valence-electron chi connectivity index (χ1n) is 8.35. The monoisotopic (exact) mass is 330 g/mol. The van der Waals surface area contributed by atoms with Gasteiger partial charge in [-0.25, -0.2) is 4.39 Å². The Kier molecular flexibility index (Phi) is 4.94. The summed E-state index contributed by atoms with van der Waals surface area (Å²) in [4.78, 5) is 14.5. The van der Waals surface area contributed by atoms with Gasteiger partial charge in [-0.05, 0) is 37.8 Å². The smallest absolute Gasteiger partial charge is 0.245 e. The number of piperidine rings is 1. The van der Waals surface area contributed by atoms with Gasteiger partial charge in [-0.2, -0.15) is 5.10 Å². The van der Waals surface area contributed by atoms with Crippen molar-refractivity contribution in [3.8, 4) is 0 Å². The molecule has 0 unspecified atom stereocenters. The number of carbonyl (C=O) groups excluding carboxylic acids is 1. The number of aromatic nitrogens is 2. The van der Waals surface area contributed by atoms with E-state index in [2.05, 4.69) is 10.4 Å². The number of nitrogens with zero attached hydrogens (tertiary/aromatic N) is 3. The molecule has 0 spiro atoms. The first-order valence-corrected chi connectivity index (χ1v) is 8.35. The third-order valence-corrected chi connectivity index (χ3v) is 4.38.